The van der Waals surface area contributed by atoms with Gasteiger partial charge in [0.25, 0.3) is 5.56 Å². The molecule has 0 radical (unpaired) electrons. The average Bonchev–Trinajstić information content (AvgIpc) is 2.80. The van der Waals surface area contributed by atoms with Gasteiger partial charge in [0.05, 0.1) is 18.8 Å². The molecule has 184 valence electrons. The molecule has 0 saturated carbocycles. The van der Waals surface area contributed by atoms with Gasteiger partial charge in [-0.05, 0) is 37.0 Å². The van der Waals surface area contributed by atoms with E-state index >= 15 is 0 Å². The fourth-order valence-corrected chi connectivity index (χ4v) is 3.75. The summed E-state index contributed by atoms with van der Waals surface area (Å²) >= 11 is 0. The third-order valence-electron chi connectivity index (χ3n) is 5.61. The highest BCUT2D eigenvalue weighted by atomic mass is 16.2. The number of aromatic nitrogens is 2. The zero-order chi connectivity index (χ0) is 25.5. The van der Waals surface area contributed by atoms with E-state index in [1.165, 1.54) is 11.5 Å². The third kappa shape index (κ3) is 6.47. The van der Waals surface area contributed by atoms with Crippen LogP contribution in [0.25, 0.3) is 0 Å². The predicted octanol–water partition coefficient (Wildman–Crippen LogP) is 2.86. The average molecular weight is 478 g/mol. The van der Waals surface area contributed by atoms with E-state index in [0.717, 1.165) is 5.56 Å². The number of rotatable bonds is 10. The molecule has 0 aliphatic carbocycles. The van der Waals surface area contributed by atoms with E-state index < -0.39 is 17.2 Å². The smallest absolute Gasteiger partial charge is 0.330 e. The van der Waals surface area contributed by atoms with Crippen molar-refractivity contribution >= 4 is 28.9 Å². The summed E-state index contributed by atoms with van der Waals surface area (Å²) in [7, 11) is 0. The summed E-state index contributed by atoms with van der Waals surface area (Å²) in [6, 6.07) is 16.0. The molecule has 9 nitrogen and oxygen atoms in total. The van der Waals surface area contributed by atoms with Gasteiger partial charge in [0.1, 0.15) is 11.5 Å². The number of nitrogens with two attached hydrogens (primary N) is 1. The van der Waals surface area contributed by atoms with E-state index in [1.54, 1.807) is 29.2 Å². The molecular formula is C26H31N5O4. The first-order chi connectivity index (χ1) is 16.7. The van der Waals surface area contributed by atoms with Crippen LogP contribution in [0.4, 0.5) is 17.2 Å². The van der Waals surface area contributed by atoms with Crippen LogP contribution in [0.5, 0.6) is 0 Å². The molecule has 3 rings (SSSR count). The molecular weight excluding hydrogens is 446 g/mol. The Bertz CT molecular complexity index is 1310. The minimum absolute atomic E-state index is 0.0108. The molecule has 2 aromatic carbocycles. The number of carbonyl (C=O) groups is 2. The lowest BCUT2D eigenvalue weighted by atomic mass is 10.1. The van der Waals surface area contributed by atoms with Gasteiger partial charge in [-0.1, -0.05) is 56.3 Å². The van der Waals surface area contributed by atoms with E-state index in [0.29, 0.717) is 30.1 Å². The van der Waals surface area contributed by atoms with Crippen molar-refractivity contribution in [1.82, 2.24) is 9.55 Å². The molecule has 0 aliphatic rings. The second kappa shape index (κ2) is 11.3. The van der Waals surface area contributed by atoms with Crippen molar-refractivity contribution < 1.29 is 9.59 Å². The van der Waals surface area contributed by atoms with Gasteiger partial charge in [-0.2, -0.15) is 0 Å². The van der Waals surface area contributed by atoms with E-state index in [2.05, 4.69) is 10.3 Å². The van der Waals surface area contributed by atoms with Crippen molar-refractivity contribution in [3.8, 4) is 0 Å². The Morgan fingerprint density at radius 2 is 1.71 bits per heavy atom. The molecule has 9 heteroatoms. The van der Waals surface area contributed by atoms with Gasteiger partial charge in [-0.25, -0.2) is 4.79 Å². The largest absolute Gasteiger partial charge is 0.383 e. The third-order valence-corrected chi connectivity index (χ3v) is 5.61. The van der Waals surface area contributed by atoms with Gasteiger partial charge >= 0.3 is 5.69 Å². The Morgan fingerprint density at radius 3 is 2.37 bits per heavy atom. The van der Waals surface area contributed by atoms with Crippen molar-refractivity contribution in [2.24, 2.45) is 5.92 Å². The fourth-order valence-electron chi connectivity index (χ4n) is 3.75. The number of ketones is 1. The van der Waals surface area contributed by atoms with Gasteiger partial charge < -0.3 is 16.0 Å². The molecule has 0 saturated heterocycles. The first-order valence-electron chi connectivity index (χ1n) is 11.5. The molecule has 35 heavy (non-hydrogen) atoms. The molecule has 1 amide bonds. The maximum atomic E-state index is 13.0. The summed E-state index contributed by atoms with van der Waals surface area (Å²) in [6.07, 6.45) is 0.688. The van der Waals surface area contributed by atoms with Gasteiger partial charge in [-0.15, -0.1) is 0 Å². The topological polar surface area (TPSA) is 130 Å². The SMILES string of the molecule is CC(=O)c1ccccc1NC(=O)CN(CCC(C)C)c1c(N)n(Cc2ccccc2)c(=O)[nH]c1=O. The molecule has 0 bridgehead atoms. The lowest BCUT2D eigenvalue weighted by molar-refractivity contribution is -0.115. The van der Waals surface area contributed by atoms with Crippen LogP contribution in [0.2, 0.25) is 0 Å². The van der Waals surface area contributed by atoms with E-state index in [9.17, 15) is 19.2 Å². The van der Waals surface area contributed by atoms with Crippen LogP contribution in [0.15, 0.2) is 64.2 Å². The molecule has 0 spiro atoms. The number of benzene rings is 2. The Labute approximate surface area is 203 Å². The van der Waals surface area contributed by atoms with Gasteiger partial charge in [0.15, 0.2) is 5.78 Å². The molecule has 1 aromatic heterocycles. The summed E-state index contributed by atoms with van der Waals surface area (Å²) < 4.78 is 1.29. The number of nitrogens with one attached hydrogen (secondary N) is 2. The minimum atomic E-state index is -0.655. The van der Waals surface area contributed by atoms with Crippen molar-refractivity contribution in [2.45, 2.75) is 33.7 Å². The maximum Gasteiger partial charge on any atom is 0.330 e. The second-order valence-electron chi connectivity index (χ2n) is 8.82. The Hall–Kier alpha value is -4.14. The zero-order valence-corrected chi connectivity index (χ0v) is 20.2. The van der Waals surface area contributed by atoms with Crippen molar-refractivity contribution in [1.29, 1.82) is 0 Å². The number of hydrogen-bond acceptors (Lipinski definition) is 6. The maximum absolute atomic E-state index is 13.0. The molecule has 0 fully saturated rings. The zero-order valence-electron chi connectivity index (χ0n) is 20.2. The lowest BCUT2D eigenvalue weighted by Crippen LogP contribution is -2.42. The summed E-state index contributed by atoms with van der Waals surface area (Å²) in [5.74, 6) is -0.300. The number of Topliss-reactive ketones (excluding diaryl/α,β-unsaturated/α-hetero) is 1. The first kappa shape index (κ1) is 25.5. The van der Waals surface area contributed by atoms with Crippen LogP contribution < -0.4 is 27.2 Å². The number of nitrogens with zero attached hydrogens (tertiary/aromatic N) is 2. The monoisotopic (exact) mass is 477 g/mol. The standard InChI is InChI=1S/C26H31N5O4/c1-17(2)13-14-30(16-22(33)28-21-12-8-7-11-20(21)18(3)32)23-24(27)31(26(35)29-25(23)34)15-19-9-5-4-6-10-19/h4-12,17H,13-16,27H2,1-3H3,(H,28,33)(H,29,34,35). The number of anilines is 3. The highest BCUT2D eigenvalue weighted by molar-refractivity contribution is 6.04. The predicted molar refractivity (Wildman–Crippen MR) is 138 cm³/mol. The van der Waals surface area contributed by atoms with Crippen LogP contribution in [-0.2, 0) is 11.3 Å². The Morgan fingerprint density at radius 1 is 1.06 bits per heavy atom. The molecule has 1 heterocycles. The van der Waals surface area contributed by atoms with Crippen LogP contribution in [0.3, 0.4) is 0 Å². The molecule has 3 aromatic rings. The van der Waals surface area contributed by atoms with Crippen LogP contribution in [0, 0.1) is 5.92 Å². The van der Waals surface area contributed by atoms with Gasteiger partial charge in [-0.3, -0.25) is 23.9 Å². The minimum Gasteiger partial charge on any atom is -0.383 e. The fraction of sp³-hybridized carbons (Fsp3) is 0.308. The molecule has 0 atom stereocenters. The number of aromatic amines is 1. The summed E-state index contributed by atoms with van der Waals surface area (Å²) in [4.78, 5) is 54.3. The summed E-state index contributed by atoms with van der Waals surface area (Å²) in [6.45, 7) is 5.85. The van der Waals surface area contributed by atoms with E-state index in [-0.39, 0.29) is 30.4 Å². The number of amides is 1. The molecule has 0 aliphatic heterocycles. The second-order valence-corrected chi connectivity index (χ2v) is 8.82. The summed E-state index contributed by atoms with van der Waals surface area (Å²) in [5, 5.41) is 2.76. The van der Waals surface area contributed by atoms with Crippen LogP contribution >= 0.6 is 0 Å². The highest BCUT2D eigenvalue weighted by Crippen LogP contribution is 2.20. The van der Waals surface area contributed by atoms with Crippen LogP contribution in [0.1, 0.15) is 43.1 Å². The van der Waals surface area contributed by atoms with Crippen molar-refractivity contribution in [3.63, 3.8) is 0 Å². The molecule has 0 unspecified atom stereocenters. The number of nitrogen functional groups attached to an aromatic ring is 1. The first-order valence-corrected chi connectivity index (χ1v) is 11.5. The van der Waals surface area contributed by atoms with Gasteiger partial charge in [0, 0.05) is 12.1 Å². The molecule has 4 N–H and O–H groups in total. The van der Waals surface area contributed by atoms with E-state index in [4.69, 9.17) is 5.73 Å². The number of para-hydroxylation sites is 1. The number of H-pyrrole nitrogens is 1. The quantitative estimate of drug-likeness (QED) is 0.385. The van der Waals surface area contributed by atoms with E-state index in [1.807, 2.05) is 44.2 Å². The highest BCUT2D eigenvalue weighted by Gasteiger charge is 2.22. The van der Waals surface area contributed by atoms with Gasteiger partial charge in [0.2, 0.25) is 5.91 Å². The van der Waals surface area contributed by atoms with Crippen molar-refractivity contribution in [2.75, 3.05) is 29.0 Å². The number of carbonyl (C=O) groups excluding carboxylic acids is 2. The number of hydrogen-bond donors (Lipinski definition) is 3. The lowest BCUT2D eigenvalue weighted by Gasteiger charge is -2.26. The Kier molecular flexibility index (Phi) is 8.25. The van der Waals surface area contributed by atoms with Crippen molar-refractivity contribution in [3.05, 3.63) is 86.6 Å². The Balaban J connectivity index is 1.95. The normalized spacial score (nSPS) is 10.9. The summed E-state index contributed by atoms with van der Waals surface area (Å²) in [5.41, 5.74) is 6.77. The van der Waals surface area contributed by atoms with Crippen LogP contribution in [-0.4, -0.2) is 34.3 Å².